The summed E-state index contributed by atoms with van der Waals surface area (Å²) in [7, 11) is -4.30. The number of nitrogens with zero attached hydrogens (tertiary/aromatic N) is 4. The molecule has 1 fully saturated rings. The average molecular weight is 690 g/mol. The molecule has 1 unspecified atom stereocenters. The number of sulfonamides is 1. The first-order valence-corrected chi connectivity index (χ1v) is 18.0. The Hall–Kier alpha value is -3.59. The smallest absolute Gasteiger partial charge is 0.321 e. The Balaban J connectivity index is 1.58. The fourth-order valence-electron chi connectivity index (χ4n) is 5.72. The largest absolute Gasteiger partial charge is 0.505 e. The van der Waals surface area contributed by atoms with Crippen LogP contribution in [0, 0.1) is 24.6 Å². The Morgan fingerprint density at radius 2 is 1.81 bits per heavy atom. The van der Waals surface area contributed by atoms with Crippen LogP contribution in [0.15, 0.2) is 58.8 Å². The Morgan fingerprint density at radius 3 is 2.40 bits per heavy atom. The van der Waals surface area contributed by atoms with Crippen molar-refractivity contribution in [1.82, 2.24) is 24.4 Å². The number of phenols is 1. The number of nitrogens with one attached hydrogen (secondary N) is 1. The summed E-state index contributed by atoms with van der Waals surface area (Å²) < 4.78 is 42.6. The number of aromatic hydroxyl groups is 1. The molecule has 3 N–H and O–H groups in total. The van der Waals surface area contributed by atoms with E-state index in [0.717, 1.165) is 38.8 Å². The van der Waals surface area contributed by atoms with Crippen molar-refractivity contribution in [3.8, 4) is 5.75 Å². The van der Waals surface area contributed by atoms with Gasteiger partial charge in [-0.2, -0.15) is 4.31 Å². The van der Waals surface area contributed by atoms with Gasteiger partial charge in [0.15, 0.2) is 11.6 Å². The Bertz CT molecular complexity index is 1640. The monoisotopic (exact) mass is 689 g/mol. The zero-order valence-electron chi connectivity index (χ0n) is 27.3. The third-order valence-electron chi connectivity index (χ3n) is 7.99. The van der Waals surface area contributed by atoms with E-state index in [1.165, 1.54) is 11.3 Å². The van der Waals surface area contributed by atoms with Crippen LogP contribution in [0.1, 0.15) is 44.0 Å². The van der Waals surface area contributed by atoms with Gasteiger partial charge < -0.3 is 25.3 Å². The minimum Gasteiger partial charge on any atom is -0.505 e. The Labute approximate surface area is 280 Å². The van der Waals surface area contributed by atoms with Crippen molar-refractivity contribution >= 4 is 33.3 Å². The number of rotatable bonds is 15. The molecule has 4 rings (SSSR count). The molecule has 0 saturated carbocycles. The number of aliphatic hydroxyl groups excluding tert-OH is 1. The number of halogens is 1. The standard InChI is InChI=1S/C33H44FN5O6S2/c1-21(2)17-38(47(44,45)26-11-12-29(40)27(34)16-26)19-30(41)28(15-24-9-7-6-8-10-24)36-32(42)31(22(3)4)39-14-13-37(33(39)43)18-25-20-46-23(5)35-25/h6-12,16,20-22,28,30-31,40-41H,13-15,17-19H2,1-5H3,(H,36,42)/t28-,30+,31?/m0/s1. The lowest BCUT2D eigenvalue weighted by Crippen LogP contribution is -2.57. The van der Waals surface area contributed by atoms with E-state index in [0.29, 0.717) is 19.6 Å². The molecule has 3 atom stereocenters. The first-order valence-electron chi connectivity index (χ1n) is 15.6. The molecule has 1 aliphatic heterocycles. The van der Waals surface area contributed by atoms with Crippen molar-refractivity contribution in [2.75, 3.05) is 26.2 Å². The number of hydrogen-bond donors (Lipinski definition) is 3. The van der Waals surface area contributed by atoms with Gasteiger partial charge in [-0.05, 0) is 48.9 Å². The van der Waals surface area contributed by atoms with Crippen LogP contribution in [-0.2, 0) is 27.8 Å². The molecule has 256 valence electrons. The lowest BCUT2D eigenvalue weighted by Gasteiger charge is -2.34. The Morgan fingerprint density at radius 1 is 1.11 bits per heavy atom. The number of aryl methyl sites for hydroxylation is 1. The van der Waals surface area contributed by atoms with E-state index in [2.05, 4.69) is 10.3 Å². The van der Waals surface area contributed by atoms with Crippen LogP contribution in [0.5, 0.6) is 5.75 Å². The maximum absolute atomic E-state index is 14.2. The highest BCUT2D eigenvalue weighted by atomic mass is 32.2. The van der Waals surface area contributed by atoms with Crippen LogP contribution >= 0.6 is 11.3 Å². The number of aliphatic hydroxyl groups is 1. The first kappa shape index (κ1) is 36.2. The lowest BCUT2D eigenvalue weighted by molar-refractivity contribution is -0.128. The second-order valence-electron chi connectivity index (χ2n) is 12.6. The summed E-state index contributed by atoms with van der Waals surface area (Å²) in [6.07, 6.45) is -1.19. The van der Waals surface area contributed by atoms with Gasteiger partial charge in [-0.1, -0.05) is 58.0 Å². The molecular weight excluding hydrogens is 646 g/mol. The number of amides is 3. The number of carbonyl (C=O) groups excluding carboxylic acids is 2. The number of carbonyl (C=O) groups is 2. The van der Waals surface area contributed by atoms with Gasteiger partial charge >= 0.3 is 6.03 Å². The molecule has 0 spiro atoms. The minimum absolute atomic E-state index is 0.0130. The zero-order chi connectivity index (χ0) is 34.5. The third-order valence-corrected chi connectivity index (χ3v) is 10.6. The third kappa shape index (κ3) is 9.06. The summed E-state index contributed by atoms with van der Waals surface area (Å²) in [5, 5.41) is 27.0. The van der Waals surface area contributed by atoms with E-state index in [4.69, 9.17) is 0 Å². The first-order chi connectivity index (χ1) is 22.2. The molecule has 0 aliphatic carbocycles. The highest BCUT2D eigenvalue weighted by Crippen LogP contribution is 2.25. The van der Waals surface area contributed by atoms with E-state index in [1.807, 2.05) is 70.3 Å². The van der Waals surface area contributed by atoms with Gasteiger partial charge in [-0.25, -0.2) is 22.6 Å². The van der Waals surface area contributed by atoms with Crippen LogP contribution in [0.25, 0.3) is 0 Å². The second-order valence-corrected chi connectivity index (χ2v) is 15.6. The van der Waals surface area contributed by atoms with Gasteiger partial charge in [0.2, 0.25) is 15.9 Å². The van der Waals surface area contributed by atoms with Gasteiger partial charge in [-0.3, -0.25) is 4.79 Å². The van der Waals surface area contributed by atoms with Gasteiger partial charge in [0.05, 0.1) is 34.3 Å². The van der Waals surface area contributed by atoms with Crippen molar-refractivity contribution in [2.45, 2.75) is 70.7 Å². The summed E-state index contributed by atoms with van der Waals surface area (Å²) in [6, 6.07) is 9.95. The summed E-state index contributed by atoms with van der Waals surface area (Å²) >= 11 is 1.51. The molecule has 3 amide bonds. The maximum Gasteiger partial charge on any atom is 0.321 e. The summed E-state index contributed by atoms with van der Waals surface area (Å²) in [4.78, 5) is 34.8. The van der Waals surface area contributed by atoms with Crippen LogP contribution in [0.2, 0.25) is 0 Å². The molecule has 2 heterocycles. The average Bonchev–Trinajstić information content (AvgIpc) is 3.58. The minimum atomic E-state index is -4.30. The molecular formula is C33H44FN5O6S2. The van der Waals surface area contributed by atoms with E-state index >= 15 is 0 Å². The van der Waals surface area contributed by atoms with Crippen molar-refractivity contribution in [1.29, 1.82) is 0 Å². The summed E-state index contributed by atoms with van der Waals surface area (Å²) in [6.45, 7) is 9.96. The predicted octanol–water partition coefficient (Wildman–Crippen LogP) is 3.99. The molecule has 14 heteroatoms. The molecule has 0 radical (unpaired) electrons. The SMILES string of the molecule is Cc1nc(CN2CCN(C(C(=O)N[C@@H](Cc3ccccc3)[C@H](O)CN(CC(C)C)S(=O)(=O)c3ccc(O)c(F)c3)C(C)C)C2=O)cs1. The van der Waals surface area contributed by atoms with Crippen LogP contribution < -0.4 is 5.32 Å². The fraction of sp³-hybridized carbons (Fsp3) is 0.485. The van der Waals surface area contributed by atoms with Gasteiger partial charge in [0, 0.05) is 31.6 Å². The molecule has 0 bridgehead atoms. The van der Waals surface area contributed by atoms with E-state index in [9.17, 15) is 32.6 Å². The Kier molecular flexibility index (Phi) is 12.0. The molecule has 2 aromatic carbocycles. The summed E-state index contributed by atoms with van der Waals surface area (Å²) in [5.41, 5.74) is 1.59. The van der Waals surface area contributed by atoms with E-state index in [-0.39, 0.29) is 35.7 Å². The quantitative estimate of drug-likeness (QED) is 0.219. The highest BCUT2D eigenvalue weighted by molar-refractivity contribution is 7.89. The van der Waals surface area contributed by atoms with Crippen LogP contribution in [0.3, 0.4) is 0 Å². The molecule has 3 aromatic rings. The second kappa shape index (κ2) is 15.5. The van der Waals surface area contributed by atoms with Gasteiger partial charge in [0.1, 0.15) is 6.04 Å². The van der Waals surface area contributed by atoms with Crippen molar-refractivity contribution in [3.05, 3.63) is 76.0 Å². The van der Waals surface area contributed by atoms with E-state index in [1.54, 1.807) is 9.80 Å². The number of phenolic OH excluding ortho intramolecular Hbond substituents is 1. The highest BCUT2D eigenvalue weighted by Gasteiger charge is 2.40. The predicted molar refractivity (Wildman–Crippen MR) is 178 cm³/mol. The lowest BCUT2D eigenvalue weighted by atomic mass is 9.97. The summed E-state index contributed by atoms with van der Waals surface area (Å²) in [5.74, 6) is -2.64. The molecule has 1 aromatic heterocycles. The normalized spacial score (nSPS) is 15.9. The number of urea groups is 1. The number of hydrogen-bond acceptors (Lipinski definition) is 8. The maximum atomic E-state index is 14.2. The van der Waals surface area contributed by atoms with Gasteiger partial charge in [0.25, 0.3) is 0 Å². The molecule has 1 aliphatic rings. The zero-order valence-corrected chi connectivity index (χ0v) is 29.0. The number of thiazole rings is 1. The number of aromatic nitrogens is 1. The van der Waals surface area contributed by atoms with Crippen LogP contribution in [0.4, 0.5) is 9.18 Å². The van der Waals surface area contributed by atoms with Crippen molar-refractivity contribution in [3.63, 3.8) is 0 Å². The topological polar surface area (TPSA) is 143 Å². The molecule has 47 heavy (non-hydrogen) atoms. The van der Waals surface area contributed by atoms with Gasteiger partial charge in [-0.15, -0.1) is 11.3 Å². The van der Waals surface area contributed by atoms with Crippen LogP contribution in [-0.4, -0.2) is 94.0 Å². The molecule has 11 nitrogen and oxygen atoms in total. The van der Waals surface area contributed by atoms with E-state index < -0.39 is 52.2 Å². The molecule has 1 saturated heterocycles. The fourth-order valence-corrected chi connectivity index (χ4v) is 7.95. The number of benzene rings is 2. The van der Waals surface area contributed by atoms with Crippen molar-refractivity contribution in [2.24, 2.45) is 11.8 Å². The van der Waals surface area contributed by atoms with Crippen molar-refractivity contribution < 1.29 is 32.6 Å².